The molecule has 0 unspecified atom stereocenters. The number of para-hydroxylation sites is 2. The first-order valence-corrected chi connectivity index (χ1v) is 16.8. The summed E-state index contributed by atoms with van der Waals surface area (Å²) in [5.74, 6) is -0.272. The summed E-state index contributed by atoms with van der Waals surface area (Å²) >= 11 is 6.57. The maximum atomic E-state index is 14.7. The van der Waals surface area contributed by atoms with Crippen LogP contribution < -0.4 is 19.1 Å². The van der Waals surface area contributed by atoms with E-state index in [1.165, 1.54) is 43.4 Å². The number of nitrogens with zero attached hydrogens (tertiary/aromatic N) is 2. The van der Waals surface area contributed by atoms with E-state index in [9.17, 15) is 18.0 Å². The number of hydrogen-bond donors (Lipinski definition) is 1. The first-order valence-electron chi connectivity index (χ1n) is 15.0. The number of amides is 2. The third-order valence-corrected chi connectivity index (χ3v) is 9.49. The largest absolute Gasteiger partial charge is 0.497 e. The molecular formula is C36H40ClN3O6S. The highest BCUT2D eigenvalue weighted by molar-refractivity contribution is 7.92. The quantitative estimate of drug-likeness (QED) is 0.183. The van der Waals surface area contributed by atoms with Crippen molar-refractivity contribution in [3.63, 3.8) is 0 Å². The van der Waals surface area contributed by atoms with Crippen LogP contribution in [0.3, 0.4) is 0 Å². The van der Waals surface area contributed by atoms with Gasteiger partial charge in [-0.3, -0.25) is 13.9 Å². The van der Waals surface area contributed by atoms with Crippen molar-refractivity contribution in [3.8, 4) is 11.5 Å². The molecule has 9 nitrogen and oxygen atoms in total. The molecule has 1 atom stereocenters. The third-order valence-electron chi connectivity index (χ3n) is 7.35. The van der Waals surface area contributed by atoms with Crippen molar-refractivity contribution in [3.05, 3.63) is 119 Å². The van der Waals surface area contributed by atoms with E-state index in [4.69, 9.17) is 21.1 Å². The lowest BCUT2D eigenvalue weighted by Gasteiger charge is -2.35. The zero-order chi connectivity index (χ0) is 34.2. The molecule has 0 saturated carbocycles. The molecule has 0 spiro atoms. The van der Waals surface area contributed by atoms with Crippen molar-refractivity contribution in [2.75, 3.05) is 25.1 Å². The van der Waals surface area contributed by atoms with Gasteiger partial charge in [0.1, 0.15) is 24.1 Å². The molecule has 0 aliphatic heterocycles. The lowest BCUT2D eigenvalue weighted by Crippen LogP contribution is -2.56. The molecule has 248 valence electrons. The molecular weight excluding hydrogens is 638 g/mol. The van der Waals surface area contributed by atoms with Gasteiger partial charge in [0, 0.05) is 23.5 Å². The van der Waals surface area contributed by atoms with Gasteiger partial charge in [-0.1, -0.05) is 72.3 Å². The summed E-state index contributed by atoms with van der Waals surface area (Å²) in [6.45, 7) is 4.89. The molecule has 4 aromatic rings. The predicted octanol–water partition coefficient (Wildman–Crippen LogP) is 6.11. The first kappa shape index (κ1) is 35.3. The molecule has 0 radical (unpaired) electrons. The van der Waals surface area contributed by atoms with Crippen LogP contribution in [-0.4, -0.2) is 57.5 Å². The Morgan fingerprint density at radius 2 is 1.45 bits per heavy atom. The summed E-state index contributed by atoms with van der Waals surface area (Å²) in [7, 11) is -1.42. The normalized spacial score (nSPS) is 12.1. The monoisotopic (exact) mass is 677 g/mol. The Morgan fingerprint density at radius 1 is 0.830 bits per heavy atom. The Balaban J connectivity index is 1.85. The van der Waals surface area contributed by atoms with Gasteiger partial charge in [-0.05, 0) is 74.4 Å². The Morgan fingerprint density at radius 3 is 2.06 bits per heavy atom. The highest BCUT2D eigenvalue weighted by atomic mass is 35.5. The molecule has 0 aliphatic carbocycles. The highest BCUT2D eigenvalue weighted by Gasteiger charge is 2.36. The summed E-state index contributed by atoms with van der Waals surface area (Å²) < 4.78 is 40.4. The van der Waals surface area contributed by atoms with Crippen LogP contribution in [0.5, 0.6) is 11.5 Å². The van der Waals surface area contributed by atoms with Crippen molar-refractivity contribution in [2.45, 2.75) is 50.2 Å². The number of carbonyl (C=O) groups is 2. The zero-order valence-electron chi connectivity index (χ0n) is 27.1. The summed E-state index contributed by atoms with van der Waals surface area (Å²) in [5, 5.41) is 3.43. The van der Waals surface area contributed by atoms with Gasteiger partial charge in [-0.2, -0.15) is 0 Å². The van der Waals surface area contributed by atoms with Crippen LogP contribution in [0.4, 0.5) is 5.69 Å². The number of rotatable bonds is 13. The van der Waals surface area contributed by atoms with Crippen molar-refractivity contribution in [1.29, 1.82) is 0 Å². The van der Waals surface area contributed by atoms with Crippen LogP contribution in [0.1, 0.15) is 31.9 Å². The Hall–Kier alpha value is -4.54. The fourth-order valence-corrected chi connectivity index (χ4v) is 6.66. The maximum Gasteiger partial charge on any atom is 0.264 e. The van der Waals surface area contributed by atoms with Crippen LogP contribution in [-0.2, 0) is 32.6 Å². The Labute approximate surface area is 282 Å². The smallest absolute Gasteiger partial charge is 0.264 e. The summed E-state index contributed by atoms with van der Waals surface area (Å²) in [5.41, 5.74) is 0.985. The summed E-state index contributed by atoms with van der Waals surface area (Å²) in [6, 6.07) is 27.8. The zero-order valence-corrected chi connectivity index (χ0v) is 28.7. The van der Waals surface area contributed by atoms with Gasteiger partial charge in [0.25, 0.3) is 10.0 Å². The lowest BCUT2D eigenvalue weighted by atomic mass is 10.0. The van der Waals surface area contributed by atoms with E-state index in [-0.39, 0.29) is 35.2 Å². The topological polar surface area (TPSA) is 105 Å². The molecule has 4 rings (SSSR count). The molecule has 0 heterocycles. The van der Waals surface area contributed by atoms with Crippen LogP contribution in [0.15, 0.2) is 108 Å². The van der Waals surface area contributed by atoms with Gasteiger partial charge in [-0.15, -0.1) is 0 Å². The molecule has 0 fully saturated rings. The van der Waals surface area contributed by atoms with Crippen molar-refractivity contribution < 1.29 is 27.5 Å². The van der Waals surface area contributed by atoms with Crippen molar-refractivity contribution in [1.82, 2.24) is 10.2 Å². The van der Waals surface area contributed by atoms with Gasteiger partial charge in [0.15, 0.2) is 0 Å². The molecule has 4 aromatic carbocycles. The van der Waals surface area contributed by atoms with E-state index >= 15 is 0 Å². The van der Waals surface area contributed by atoms with E-state index in [1.54, 1.807) is 48.5 Å². The van der Waals surface area contributed by atoms with E-state index in [1.807, 2.05) is 51.1 Å². The molecule has 0 saturated heterocycles. The maximum absolute atomic E-state index is 14.7. The number of benzene rings is 4. The van der Waals surface area contributed by atoms with Crippen LogP contribution in [0, 0.1) is 0 Å². The summed E-state index contributed by atoms with van der Waals surface area (Å²) in [6.07, 6.45) is 0.179. The lowest BCUT2D eigenvalue weighted by molar-refractivity contribution is -0.140. The second kappa shape index (κ2) is 15.4. The second-order valence-electron chi connectivity index (χ2n) is 11.9. The molecule has 0 bridgehead atoms. The molecule has 11 heteroatoms. The number of methoxy groups -OCH3 is 2. The predicted molar refractivity (Wildman–Crippen MR) is 184 cm³/mol. The van der Waals surface area contributed by atoms with Gasteiger partial charge in [0.05, 0.1) is 24.8 Å². The highest BCUT2D eigenvalue weighted by Crippen LogP contribution is 2.33. The number of ether oxygens (including phenoxy) is 2. The fourth-order valence-electron chi connectivity index (χ4n) is 5.04. The van der Waals surface area contributed by atoms with Gasteiger partial charge >= 0.3 is 0 Å². The van der Waals surface area contributed by atoms with Gasteiger partial charge in [-0.25, -0.2) is 8.42 Å². The van der Waals surface area contributed by atoms with Crippen LogP contribution >= 0.6 is 11.6 Å². The van der Waals surface area contributed by atoms with Crippen LogP contribution in [0.25, 0.3) is 0 Å². The molecule has 0 aromatic heterocycles. The van der Waals surface area contributed by atoms with E-state index in [2.05, 4.69) is 5.32 Å². The second-order valence-corrected chi connectivity index (χ2v) is 14.2. The van der Waals surface area contributed by atoms with Crippen molar-refractivity contribution >= 4 is 39.1 Å². The minimum atomic E-state index is -4.33. The molecule has 47 heavy (non-hydrogen) atoms. The number of nitrogens with one attached hydrogen (secondary N) is 1. The number of anilines is 1. The Bertz CT molecular complexity index is 1780. The molecule has 0 aliphatic rings. The number of halogens is 1. The Kier molecular flexibility index (Phi) is 11.5. The standard InChI is InChI=1S/C36H40ClN3O6S/c1-36(2,3)38-35(42)32(23-26-13-7-6-8-14-26)39(24-27-15-9-10-16-30(27)37)34(41)25-40(31-17-11-12-18-33(31)46-5)47(43,44)29-21-19-28(45-4)20-22-29/h6-22,32H,23-25H2,1-5H3,(H,38,42)/t32-/m0/s1. The van der Waals surface area contributed by atoms with Gasteiger partial charge in [0.2, 0.25) is 11.8 Å². The average Bonchev–Trinajstić information content (AvgIpc) is 3.05. The minimum Gasteiger partial charge on any atom is -0.497 e. The van der Waals surface area contributed by atoms with E-state index in [0.29, 0.717) is 16.3 Å². The fraction of sp³-hybridized carbons (Fsp3) is 0.278. The molecule has 2 amide bonds. The van der Waals surface area contributed by atoms with Crippen molar-refractivity contribution in [2.24, 2.45) is 0 Å². The number of sulfonamides is 1. The average molecular weight is 678 g/mol. The van der Waals surface area contributed by atoms with E-state index in [0.717, 1.165) is 9.87 Å². The first-order chi connectivity index (χ1) is 22.3. The minimum absolute atomic E-state index is 0.0457. The van der Waals surface area contributed by atoms with Crippen LogP contribution in [0.2, 0.25) is 5.02 Å². The van der Waals surface area contributed by atoms with E-state index < -0.39 is 34.1 Å². The molecule has 1 N–H and O–H groups in total. The number of carbonyl (C=O) groups excluding carboxylic acids is 2. The summed E-state index contributed by atoms with van der Waals surface area (Å²) in [4.78, 5) is 30.0. The number of hydrogen-bond acceptors (Lipinski definition) is 6. The third kappa shape index (κ3) is 9.05. The SMILES string of the molecule is COc1ccc(S(=O)(=O)N(CC(=O)N(Cc2ccccc2Cl)[C@@H](Cc2ccccc2)C(=O)NC(C)(C)C)c2ccccc2OC)cc1. The van der Waals surface area contributed by atoms with Gasteiger partial charge < -0.3 is 19.7 Å².